The lowest BCUT2D eigenvalue weighted by Gasteiger charge is -2.14. The number of hydrogen-bond donors (Lipinski definition) is 2. The molecule has 118 valence electrons. The van der Waals surface area contributed by atoms with Gasteiger partial charge in [-0.1, -0.05) is 5.10 Å². The standard InChI is InChI=1S/C12H14F2N6O2/c1-6-4-15-17-8(6)10(21)16-7-2-3-20(5-7)12-19-18-11(22-12)9(13)14/h4,7,9H,2-3,5H2,1H3,(H,15,17)(H,16,21). The third kappa shape index (κ3) is 2.76. The fourth-order valence-electron chi connectivity index (χ4n) is 2.33. The number of H-pyrrole nitrogens is 1. The summed E-state index contributed by atoms with van der Waals surface area (Å²) in [7, 11) is 0. The summed E-state index contributed by atoms with van der Waals surface area (Å²) in [5.74, 6) is -0.948. The van der Waals surface area contributed by atoms with Gasteiger partial charge in [-0.2, -0.15) is 13.9 Å². The molecule has 1 unspecified atom stereocenters. The molecule has 0 saturated carbocycles. The van der Waals surface area contributed by atoms with Gasteiger partial charge < -0.3 is 14.6 Å². The maximum absolute atomic E-state index is 12.4. The minimum absolute atomic E-state index is 0.0461. The highest BCUT2D eigenvalue weighted by Gasteiger charge is 2.29. The first-order valence-electron chi connectivity index (χ1n) is 6.72. The molecular formula is C12H14F2N6O2. The number of nitrogens with zero attached hydrogens (tertiary/aromatic N) is 4. The number of rotatable bonds is 4. The van der Waals surface area contributed by atoms with Gasteiger partial charge in [-0.3, -0.25) is 9.89 Å². The van der Waals surface area contributed by atoms with Gasteiger partial charge in [-0.15, -0.1) is 5.10 Å². The molecule has 0 aliphatic carbocycles. The number of amides is 1. The minimum atomic E-state index is -2.79. The zero-order valence-electron chi connectivity index (χ0n) is 11.7. The first-order chi connectivity index (χ1) is 10.5. The quantitative estimate of drug-likeness (QED) is 0.875. The van der Waals surface area contributed by atoms with E-state index in [0.717, 1.165) is 5.56 Å². The molecule has 1 aliphatic heterocycles. The summed E-state index contributed by atoms with van der Waals surface area (Å²) in [6.45, 7) is 2.74. The van der Waals surface area contributed by atoms with E-state index < -0.39 is 12.3 Å². The van der Waals surface area contributed by atoms with Crippen LogP contribution in [0, 0.1) is 6.92 Å². The number of hydrogen-bond acceptors (Lipinski definition) is 6. The van der Waals surface area contributed by atoms with Crippen molar-refractivity contribution in [2.24, 2.45) is 0 Å². The number of nitrogens with one attached hydrogen (secondary N) is 2. The molecule has 8 nitrogen and oxygen atoms in total. The van der Waals surface area contributed by atoms with E-state index in [1.54, 1.807) is 18.0 Å². The highest BCUT2D eigenvalue weighted by molar-refractivity contribution is 5.93. The van der Waals surface area contributed by atoms with Gasteiger partial charge in [0.25, 0.3) is 11.8 Å². The summed E-state index contributed by atoms with van der Waals surface area (Å²) >= 11 is 0. The molecule has 2 N–H and O–H groups in total. The predicted molar refractivity (Wildman–Crippen MR) is 70.7 cm³/mol. The molecule has 0 spiro atoms. The van der Waals surface area contributed by atoms with Gasteiger partial charge in [0.2, 0.25) is 0 Å². The highest BCUT2D eigenvalue weighted by Crippen LogP contribution is 2.23. The number of anilines is 1. The Kier molecular flexibility index (Phi) is 3.73. The van der Waals surface area contributed by atoms with E-state index in [1.165, 1.54) is 0 Å². The Labute approximate surface area is 123 Å². The summed E-state index contributed by atoms with van der Waals surface area (Å²) in [6.07, 6.45) is -0.561. The van der Waals surface area contributed by atoms with Crippen molar-refractivity contribution in [3.63, 3.8) is 0 Å². The second kappa shape index (κ2) is 5.70. The molecule has 1 aliphatic rings. The van der Waals surface area contributed by atoms with Crippen molar-refractivity contribution in [3.8, 4) is 0 Å². The van der Waals surface area contributed by atoms with Crippen LogP contribution in [-0.2, 0) is 0 Å². The Hall–Kier alpha value is -2.52. The van der Waals surface area contributed by atoms with Crippen LogP contribution in [-0.4, -0.2) is 45.4 Å². The Bertz CT molecular complexity index is 670. The molecule has 1 atom stereocenters. The number of aromatic amines is 1. The normalized spacial score (nSPS) is 18.2. The third-order valence-corrected chi connectivity index (χ3v) is 3.47. The Morgan fingerprint density at radius 2 is 2.36 bits per heavy atom. The van der Waals surface area contributed by atoms with Crippen LogP contribution in [0.2, 0.25) is 0 Å². The molecular weight excluding hydrogens is 298 g/mol. The fraction of sp³-hybridized carbons (Fsp3) is 0.500. The molecule has 1 amide bonds. The summed E-state index contributed by atoms with van der Waals surface area (Å²) in [5, 5.41) is 16.2. The molecule has 3 rings (SSSR count). The summed E-state index contributed by atoms with van der Waals surface area (Å²) < 4.78 is 29.8. The van der Waals surface area contributed by atoms with E-state index in [1.807, 2.05) is 0 Å². The van der Waals surface area contributed by atoms with Crippen molar-refractivity contribution in [1.82, 2.24) is 25.7 Å². The lowest BCUT2D eigenvalue weighted by atomic mass is 10.2. The van der Waals surface area contributed by atoms with Crippen LogP contribution in [0.5, 0.6) is 0 Å². The van der Waals surface area contributed by atoms with E-state index in [0.29, 0.717) is 25.2 Å². The monoisotopic (exact) mass is 312 g/mol. The smallest absolute Gasteiger partial charge is 0.318 e. The predicted octanol–water partition coefficient (Wildman–Crippen LogP) is 1.05. The number of aromatic nitrogens is 4. The van der Waals surface area contributed by atoms with Gasteiger partial charge in [-0.25, -0.2) is 0 Å². The Morgan fingerprint density at radius 1 is 1.55 bits per heavy atom. The summed E-state index contributed by atoms with van der Waals surface area (Å²) in [5.41, 5.74) is 1.17. The molecule has 2 aromatic rings. The highest BCUT2D eigenvalue weighted by atomic mass is 19.3. The van der Waals surface area contributed by atoms with Gasteiger partial charge in [0, 0.05) is 19.1 Å². The van der Waals surface area contributed by atoms with Crippen molar-refractivity contribution in [3.05, 3.63) is 23.3 Å². The van der Waals surface area contributed by atoms with Gasteiger partial charge in [0.15, 0.2) is 0 Å². The van der Waals surface area contributed by atoms with Gasteiger partial charge in [-0.05, 0) is 18.9 Å². The number of aryl methyl sites for hydroxylation is 1. The van der Waals surface area contributed by atoms with Crippen molar-refractivity contribution in [1.29, 1.82) is 0 Å². The lowest BCUT2D eigenvalue weighted by Crippen LogP contribution is -2.37. The average molecular weight is 312 g/mol. The molecule has 3 heterocycles. The molecule has 1 saturated heterocycles. The molecule has 0 aromatic carbocycles. The van der Waals surface area contributed by atoms with E-state index in [4.69, 9.17) is 4.42 Å². The van der Waals surface area contributed by atoms with Crippen molar-refractivity contribution < 1.29 is 18.0 Å². The second-order valence-corrected chi connectivity index (χ2v) is 5.06. The lowest BCUT2D eigenvalue weighted by molar-refractivity contribution is 0.0934. The Balaban J connectivity index is 1.60. The van der Waals surface area contributed by atoms with Crippen LogP contribution in [0.15, 0.2) is 10.6 Å². The van der Waals surface area contributed by atoms with E-state index in [2.05, 4.69) is 25.7 Å². The second-order valence-electron chi connectivity index (χ2n) is 5.06. The SMILES string of the molecule is Cc1cn[nH]c1C(=O)NC1CCN(c2nnc(C(F)F)o2)C1. The number of carbonyl (C=O) groups is 1. The van der Waals surface area contributed by atoms with Crippen LogP contribution >= 0.6 is 0 Å². The van der Waals surface area contributed by atoms with Crippen molar-refractivity contribution in [2.75, 3.05) is 18.0 Å². The van der Waals surface area contributed by atoms with Gasteiger partial charge in [0.1, 0.15) is 5.69 Å². The molecule has 0 radical (unpaired) electrons. The minimum Gasteiger partial charge on any atom is -0.402 e. The molecule has 10 heteroatoms. The first kappa shape index (κ1) is 14.4. The molecule has 0 bridgehead atoms. The third-order valence-electron chi connectivity index (χ3n) is 3.47. The maximum Gasteiger partial charge on any atom is 0.318 e. The summed E-state index contributed by atoms with van der Waals surface area (Å²) in [4.78, 5) is 13.7. The summed E-state index contributed by atoms with van der Waals surface area (Å²) in [6, 6.07) is -0.0816. The van der Waals surface area contributed by atoms with Crippen LogP contribution in [0.25, 0.3) is 0 Å². The zero-order valence-corrected chi connectivity index (χ0v) is 11.7. The number of halogens is 2. The van der Waals surface area contributed by atoms with E-state index in [-0.39, 0.29) is 18.0 Å². The van der Waals surface area contributed by atoms with Crippen LogP contribution in [0.4, 0.5) is 14.8 Å². The average Bonchev–Trinajstić information content (AvgIpc) is 3.16. The zero-order chi connectivity index (χ0) is 15.7. The molecule has 2 aromatic heterocycles. The van der Waals surface area contributed by atoms with E-state index >= 15 is 0 Å². The Morgan fingerprint density at radius 3 is 3.00 bits per heavy atom. The van der Waals surface area contributed by atoms with Crippen LogP contribution < -0.4 is 10.2 Å². The molecule has 1 fully saturated rings. The van der Waals surface area contributed by atoms with Crippen LogP contribution in [0.3, 0.4) is 0 Å². The van der Waals surface area contributed by atoms with Gasteiger partial charge >= 0.3 is 12.4 Å². The van der Waals surface area contributed by atoms with Crippen LogP contribution in [0.1, 0.15) is 34.8 Å². The number of alkyl halides is 2. The maximum atomic E-state index is 12.4. The number of carbonyl (C=O) groups excluding carboxylic acids is 1. The molecule has 22 heavy (non-hydrogen) atoms. The fourth-order valence-corrected chi connectivity index (χ4v) is 2.33. The van der Waals surface area contributed by atoms with E-state index in [9.17, 15) is 13.6 Å². The topological polar surface area (TPSA) is 99.9 Å². The van der Waals surface area contributed by atoms with Crippen molar-refractivity contribution >= 4 is 11.9 Å². The van der Waals surface area contributed by atoms with Crippen molar-refractivity contribution in [2.45, 2.75) is 25.8 Å². The largest absolute Gasteiger partial charge is 0.402 e. The first-order valence-corrected chi connectivity index (χ1v) is 6.72. The van der Waals surface area contributed by atoms with Gasteiger partial charge in [0.05, 0.1) is 6.20 Å².